The van der Waals surface area contributed by atoms with Crippen molar-refractivity contribution in [3.05, 3.63) is 0 Å². The van der Waals surface area contributed by atoms with Crippen LogP contribution in [0.4, 0.5) is 0 Å². The van der Waals surface area contributed by atoms with E-state index in [4.69, 9.17) is 9.84 Å². The number of rotatable bonds is 2. The van der Waals surface area contributed by atoms with E-state index < -0.39 is 11.4 Å². The van der Waals surface area contributed by atoms with E-state index in [0.717, 1.165) is 12.8 Å². The highest BCUT2D eigenvalue weighted by Gasteiger charge is 2.55. The van der Waals surface area contributed by atoms with Gasteiger partial charge in [0.15, 0.2) is 0 Å². The third-order valence-electron chi connectivity index (χ3n) is 3.45. The van der Waals surface area contributed by atoms with Crippen LogP contribution in [-0.2, 0) is 14.3 Å². The summed E-state index contributed by atoms with van der Waals surface area (Å²) in [6, 6.07) is 0. The molecule has 1 aliphatic heterocycles. The molecule has 0 aromatic carbocycles. The fourth-order valence-electron chi connectivity index (χ4n) is 2.52. The number of hydrogen-bond acceptors (Lipinski definition) is 3. The second kappa shape index (κ2) is 3.35. The van der Waals surface area contributed by atoms with Crippen molar-refractivity contribution in [2.75, 3.05) is 13.2 Å². The second-order valence-corrected chi connectivity index (χ2v) is 4.24. The third kappa shape index (κ3) is 1.34. The molecule has 1 heterocycles. The molecule has 14 heavy (non-hydrogen) atoms. The summed E-state index contributed by atoms with van der Waals surface area (Å²) in [5, 5.41) is 9.16. The number of carboxylic acid groups (broad SMARTS) is 1. The zero-order valence-electron chi connectivity index (χ0n) is 7.99. The van der Waals surface area contributed by atoms with Gasteiger partial charge in [0.1, 0.15) is 5.78 Å². The summed E-state index contributed by atoms with van der Waals surface area (Å²) >= 11 is 0. The van der Waals surface area contributed by atoms with E-state index in [9.17, 15) is 9.59 Å². The summed E-state index contributed by atoms with van der Waals surface area (Å²) in [7, 11) is 0. The Morgan fingerprint density at radius 1 is 1.36 bits per heavy atom. The van der Waals surface area contributed by atoms with Gasteiger partial charge in [-0.05, 0) is 18.8 Å². The van der Waals surface area contributed by atoms with E-state index in [1.54, 1.807) is 0 Å². The van der Waals surface area contributed by atoms with Gasteiger partial charge >= 0.3 is 5.97 Å². The van der Waals surface area contributed by atoms with Crippen LogP contribution in [0.5, 0.6) is 0 Å². The maximum atomic E-state index is 11.2. The first-order chi connectivity index (χ1) is 6.65. The summed E-state index contributed by atoms with van der Waals surface area (Å²) in [6.07, 6.45) is 2.01. The lowest BCUT2D eigenvalue weighted by atomic mass is 9.58. The molecule has 0 unspecified atom stereocenters. The minimum Gasteiger partial charge on any atom is -0.481 e. The van der Waals surface area contributed by atoms with Crippen LogP contribution in [0.3, 0.4) is 0 Å². The molecule has 2 rings (SSSR count). The van der Waals surface area contributed by atoms with Crippen LogP contribution in [0.2, 0.25) is 0 Å². The van der Waals surface area contributed by atoms with Crippen LogP contribution in [0.15, 0.2) is 0 Å². The lowest BCUT2D eigenvalue weighted by molar-refractivity contribution is -0.169. The molecule has 0 aromatic heterocycles. The van der Waals surface area contributed by atoms with Crippen LogP contribution in [-0.4, -0.2) is 30.1 Å². The van der Waals surface area contributed by atoms with E-state index in [0.29, 0.717) is 13.2 Å². The van der Waals surface area contributed by atoms with E-state index in [-0.39, 0.29) is 24.5 Å². The topological polar surface area (TPSA) is 63.6 Å². The van der Waals surface area contributed by atoms with Gasteiger partial charge in [0, 0.05) is 26.1 Å². The van der Waals surface area contributed by atoms with Crippen molar-refractivity contribution in [2.45, 2.75) is 25.7 Å². The largest absolute Gasteiger partial charge is 0.481 e. The van der Waals surface area contributed by atoms with E-state index in [2.05, 4.69) is 0 Å². The predicted molar refractivity (Wildman–Crippen MR) is 47.9 cm³/mol. The smallest absolute Gasteiger partial charge is 0.310 e. The van der Waals surface area contributed by atoms with Crippen LogP contribution < -0.4 is 0 Å². The van der Waals surface area contributed by atoms with Crippen LogP contribution in [0.25, 0.3) is 0 Å². The first-order valence-electron chi connectivity index (χ1n) is 4.98. The van der Waals surface area contributed by atoms with Crippen molar-refractivity contribution < 1.29 is 19.4 Å². The van der Waals surface area contributed by atoms with Gasteiger partial charge in [-0.15, -0.1) is 0 Å². The molecule has 2 aliphatic rings. The first kappa shape index (κ1) is 9.65. The fourth-order valence-corrected chi connectivity index (χ4v) is 2.52. The Morgan fingerprint density at radius 3 is 2.36 bits per heavy atom. The lowest BCUT2D eigenvalue weighted by Gasteiger charge is -2.44. The molecule has 78 valence electrons. The minimum atomic E-state index is -0.802. The second-order valence-electron chi connectivity index (χ2n) is 4.24. The van der Waals surface area contributed by atoms with Crippen molar-refractivity contribution in [3.63, 3.8) is 0 Å². The maximum Gasteiger partial charge on any atom is 0.310 e. The van der Waals surface area contributed by atoms with Crippen molar-refractivity contribution in [3.8, 4) is 0 Å². The Balaban J connectivity index is 2.10. The molecule has 1 saturated heterocycles. The molecule has 0 bridgehead atoms. The maximum absolute atomic E-state index is 11.2. The number of carboxylic acids is 1. The average Bonchev–Trinajstić information content (AvgIpc) is 2.13. The summed E-state index contributed by atoms with van der Waals surface area (Å²) in [4.78, 5) is 22.1. The zero-order chi connectivity index (χ0) is 10.2. The molecular formula is C10H14O4. The van der Waals surface area contributed by atoms with Crippen molar-refractivity contribution in [2.24, 2.45) is 11.3 Å². The summed E-state index contributed by atoms with van der Waals surface area (Å²) in [5.41, 5.74) is -0.749. The van der Waals surface area contributed by atoms with Crippen molar-refractivity contribution >= 4 is 11.8 Å². The van der Waals surface area contributed by atoms with Gasteiger partial charge in [-0.3, -0.25) is 9.59 Å². The van der Waals surface area contributed by atoms with Gasteiger partial charge in [0.2, 0.25) is 0 Å². The highest BCUT2D eigenvalue weighted by Crippen LogP contribution is 2.48. The van der Waals surface area contributed by atoms with E-state index >= 15 is 0 Å². The molecule has 0 amide bonds. The van der Waals surface area contributed by atoms with Crippen LogP contribution >= 0.6 is 0 Å². The Kier molecular flexibility index (Phi) is 2.31. The number of carbonyl (C=O) groups excluding carboxylic acids is 1. The third-order valence-corrected chi connectivity index (χ3v) is 3.45. The molecule has 0 radical (unpaired) electrons. The Hall–Kier alpha value is -0.900. The standard InChI is InChI=1S/C10H14O4/c11-8-5-10(6-8,9(12)13)7-1-3-14-4-2-7/h7H,1-6H2,(H,12,13). The van der Waals surface area contributed by atoms with E-state index in [1.807, 2.05) is 0 Å². The highest BCUT2D eigenvalue weighted by atomic mass is 16.5. The Morgan fingerprint density at radius 2 is 1.93 bits per heavy atom. The average molecular weight is 198 g/mol. The summed E-state index contributed by atoms with van der Waals surface area (Å²) < 4.78 is 5.19. The van der Waals surface area contributed by atoms with Gasteiger partial charge in [0.05, 0.1) is 5.41 Å². The monoisotopic (exact) mass is 198 g/mol. The molecule has 4 nitrogen and oxygen atoms in total. The minimum absolute atomic E-state index is 0.0823. The molecule has 4 heteroatoms. The molecule has 0 spiro atoms. The van der Waals surface area contributed by atoms with Crippen LogP contribution in [0.1, 0.15) is 25.7 Å². The van der Waals surface area contributed by atoms with E-state index in [1.165, 1.54) is 0 Å². The normalized spacial score (nSPS) is 27.0. The van der Waals surface area contributed by atoms with Gasteiger partial charge in [-0.2, -0.15) is 0 Å². The summed E-state index contributed by atoms with van der Waals surface area (Å²) in [5.74, 6) is -0.589. The van der Waals surface area contributed by atoms with Gasteiger partial charge < -0.3 is 9.84 Å². The number of ketones is 1. The molecule has 2 fully saturated rings. The van der Waals surface area contributed by atoms with Crippen molar-refractivity contribution in [1.82, 2.24) is 0 Å². The number of Topliss-reactive ketones (excluding diaryl/α,β-unsaturated/α-hetero) is 1. The highest BCUT2D eigenvalue weighted by molar-refractivity contribution is 5.97. The van der Waals surface area contributed by atoms with Gasteiger partial charge in [-0.1, -0.05) is 0 Å². The number of carbonyl (C=O) groups is 2. The number of hydrogen-bond donors (Lipinski definition) is 1. The van der Waals surface area contributed by atoms with Crippen molar-refractivity contribution in [1.29, 1.82) is 0 Å². The quantitative estimate of drug-likeness (QED) is 0.714. The molecule has 1 N–H and O–H groups in total. The molecule has 1 saturated carbocycles. The zero-order valence-corrected chi connectivity index (χ0v) is 7.99. The lowest BCUT2D eigenvalue weighted by Crippen LogP contribution is -2.51. The SMILES string of the molecule is O=C1CC(C(=O)O)(C2CCOCC2)C1. The predicted octanol–water partition coefficient (Wildman–Crippen LogP) is 0.847. The molecule has 0 atom stereocenters. The molecule has 1 aliphatic carbocycles. The number of aliphatic carboxylic acids is 1. The summed E-state index contributed by atoms with van der Waals surface area (Å²) in [6.45, 7) is 1.27. The Labute approximate surface area is 82.2 Å². The van der Waals surface area contributed by atoms with Gasteiger partial charge in [-0.25, -0.2) is 0 Å². The van der Waals surface area contributed by atoms with Gasteiger partial charge in [0.25, 0.3) is 0 Å². The number of ether oxygens (including phenoxy) is 1. The fraction of sp³-hybridized carbons (Fsp3) is 0.800. The molecular weight excluding hydrogens is 184 g/mol. The Bertz CT molecular complexity index is 257. The molecule has 0 aromatic rings. The first-order valence-corrected chi connectivity index (χ1v) is 4.98. The van der Waals surface area contributed by atoms with Crippen LogP contribution in [0, 0.1) is 11.3 Å².